The fraction of sp³-hybridized carbons (Fsp3) is 0.0714. The van der Waals surface area contributed by atoms with Gasteiger partial charge < -0.3 is 4.90 Å². The zero-order chi connectivity index (χ0) is 13.6. The average Bonchev–Trinajstić information content (AvgIpc) is 2.66. The van der Waals surface area contributed by atoms with Crippen LogP contribution in [0.2, 0.25) is 10.0 Å². The maximum absolute atomic E-state index is 8.27. The predicted octanol–water partition coefficient (Wildman–Crippen LogP) is 5.10. The van der Waals surface area contributed by atoms with E-state index in [-0.39, 0.29) is 0 Å². The molecule has 3 rings (SSSR count). The van der Waals surface area contributed by atoms with E-state index in [1.807, 2.05) is 29.2 Å². The smallest absolute Gasteiger partial charge is 0.133 e. The minimum absolute atomic E-state index is 0.432. The lowest BCUT2D eigenvalue weighted by molar-refractivity contribution is 1.05. The van der Waals surface area contributed by atoms with Crippen LogP contribution in [-0.4, -0.2) is 5.84 Å². The first-order valence-electron chi connectivity index (χ1n) is 5.67. The van der Waals surface area contributed by atoms with Gasteiger partial charge in [0.15, 0.2) is 0 Å². The van der Waals surface area contributed by atoms with Gasteiger partial charge in [0.05, 0.1) is 22.3 Å². The molecule has 0 unspecified atom stereocenters. The number of nitrogens with zero attached hydrogens (tertiary/aromatic N) is 1. The van der Waals surface area contributed by atoms with E-state index >= 15 is 0 Å². The Morgan fingerprint density at radius 1 is 1.11 bits per heavy atom. The van der Waals surface area contributed by atoms with Gasteiger partial charge in [0.25, 0.3) is 0 Å². The zero-order valence-corrected chi connectivity index (χ0v) is 12.9. The van der Waals surface area contributed by atoms with Gasteiger partial charge in [-0.1, -0.05) is 63.4 Å². The molecule has 0 radical (unpaired) electrons. The molecule has 0 bridgehead atoms. The molecule has 19 heavy (non-hydrogen) atoms. The van der Waals surface area contributed by atoms with E-state index in [4.69, 9.17) is 28.6 Å². The van der Waals surface area contributed by atoms with Crippen molar-refractivity contribution in [3.8, 4) is 0 Å². The molecule has 0 spiro atoms. The summed E-state index contributed by atoms with van der Waals surface area (Å²) in [5.74, 6) is 0.432. The van der Waals surface area contributed by atoms with Crippen molar-refractivity contribution in [3.63, 3.8) is 0 Å². The van der Waals surface area contributed by atoms with Gasteiger partial charge in [0.1, 0.15) is 5.84 Å². The molecular weight excluding hydrogens is 347 g/mol. The number of rotatable bonds is 1. The number of halogens is 3. The highest BCUT2D eigenvalue weighted by molar-refractivity contribution is 9.10. The van der Waals surface area contributed by atoms with Gasteiger partial charge in [-0.15, -0.1) is 0 Å². The minimum Gasteiger partial charge on any atom is -0.319 e. The number of hydrogen-bond donors (Lipinski definition) is 1. The molecule has 0 amide bonds. The Bertz CT molecular complexity index is 662. The fourth-order valence-electron chi connectivity index (χ4n) is 2.27. The van der Waals surface area contributed by atoms with E-state index in [2.05, 4.69) is 15.9 Å². The highest BCUT2D eigenvalue weighted by atomic mass is 79.9. The van der Waals surface area contributed by atoms with E-state index in [1.54, 1.807) is 12.1 Å². The Labute approximate surface area is 129 Å². The standard InChI is InChI=1S/C14H9BrCl2N2/c15-9-5-11(16)13(12(17)6-9)19-7-8-3-1-2-4-10(8)14(19)18/h1-6,18H,7H2. The Kier molecular flexibility index (Phi) is 3.29. The van der Waals surface area contributed by atoms with Crippen LogP contribution in [0.3, 0.4) is 0 Å². The van der Waals surface area contributed by atoms with E-state index in [1.165, 1.54) is 0 Å². The average molecular weight is 356 g/mol. The highest BCUT2D eigenvalue weighted by Gasteiger charge is 2.28. The summed E-state index contributed by atoms with van der Waals surface area (Å²) in [5.41, 5.74) is 2.73. The van der Waals surface area contributed by atoms with Gasteiger partial charge >= 0.3 is 0 Å². The molecular formula is C14H9BrCl2N2. The predicted molar refractivity (Wildman–Crippen MR) is 83.6 cm³/mol. The molecule has 96 valence electrons. The topological polar surface area (TPSA) is 27.1 Å². The Balaban J connectivity index is 2.10. The molecule has 0 aromatic heterocycles. The Hall–Kier alpha value is -1.03. The van der Waals surface area contributed by atoms with Crippen LogP contribution >= 0.6 is 39.1 Å². The van der Waals surface area contributed by atoms with Crippen molar-refractivity contribution in [2.75, 3.05) is 4.90 Å². The van der Waals surface area contributed by atoms with Gasteiger partial charge in [-0.25, -0.2) is 0 Å². The molecule has 2 aromatic carbocycles. The largest absolute Gasteiger partial charge is 0.319 e. The summed E-state index contributed by atoms with van der Waals surface area (Å²) in [7, 11) is 0. The third kappa shape index (κ3) is 2.16. The molecule has 0 saturated heterocycles. The van der Waals surface area contributed by atoms with Crippen LogP contribution in [0.1, 0.15) is 11.1 Å². The lowest BCUT2D eigenvalue weighted by Gasteiger charge is -2.21. The number of amidine groups is 1. The molecule has 0 fully saturated rings. The molecule has 1 heterocycles. The van der Waals surface area contributed by atoms with Gasteiger partial charge in [-0.2, -0.15) is 0 Å². The summed E-state index contributed by atoms with van der Waals surface area (Å²) < 4.78 is 0.828. The van der Waals surface area contributed by atoms with Crippen LogP contribution in [0.5, 0.6) is 0 Å². The summed E-state index contributed by atoms with van der Waals surface area (Å²) in [4.78, 5) is 1.84. The number of nitrogens with one attached hydrogen (secondary N) is 1. The van der Waals surface area contributed by atoms with E-state index in [0.717, 1.165) is 15.6 Å². The zero-order valence-electron chi connectivity index (χ0n) is 9.75. The van der Waals surface area contributed by atoms with Gasteiger partial charge in [0, 0.05) is 10.0 Å². The molecule has 2 aromatic rings. The number of hydrogen-bond acceptors (Lipinski definition) is 1. The normalized spacial score (nSPS) is 13.8. The third-order valence-corrected chi connectivity index (χ3v) is 4.16. The van der Waals surface area contributed by atoms with Gasteiger partial charge in [0.2, 0.25) is 0 Å². The first-order valence-corrected chi connectivity index (χ1v) is 7.21. The molecule has 0 saturated carbocycles. The highest BCUT2D eigenvalue weighted by Crippen LogP contribution is 2.40. The van der Waals surface area contributed by atoms with Crippen molar-refractivity contribution in [1.29, 1.82) is 5.41 Å². The Morgan fingerprint density at radius 3 is 2.37 bits per heavy atom. The third-order valence-electron chi connectivity index (χ3n) is 3.12. The van der Waals surface area contributed by atoms with Crippen LogP contribution in [0.25, 0.3) is 0 Å². The van der Waals surface area contributed by atoms with Crippen molar-refractivity contribution in [2.45, 2.75) is 6.54 Å². The van der Waals surface area contributed by atoms with Crippen molar-refractivity contribution in [1.82, 2.24) is 0 Å². The van der Waals surface area contributed by atoms with Crippen LogP contribution in [-0.2, 0) is 6.54 Å². The molecule has 1 aliphatic heterocycles. The lowest BCUT2D eigenvalue weighted by Crippen LogP contribution is -2.23. The quantitative estimate of drug-likeness (QED) is 0.756. The van der Waals surface area contributed by atoms with Crippen molar-refractivity contribution < 1.29 is 0 Å². The maximum atomic E-state index is 8.27. The summed E-state index contributed by atoms with van der Waals surface area (Å²) in [5, 5.41) is 9.35. The van der Waals surface area contributed by atoms with Crippen molar-refractivity contribution >= 4 is 50.7 Å². The summed E-state index contributed by atoms with van der Waals surface area (Å²) in [6.45, 7) is 0.621. The van der Waals surface area contributed by atoms with E-state index < -0.39 is 0 Å². The molecule has 5 heteroatoms. The van der Waals surface area contributed by atoms with Crippen LogP contribution in [0, 0.1) is 5.41 Å². The lowest BCUT2D eigenvalue weighted by atomic mass is 10.1. The second-order valence-corrected chi connectivity index (χ2v) is 6.04. The molecule has 1 aliphatic rings. The number of fused-ring (bicyclic) bond motifs is 1. The SMILES string of the molecule is N=C1c2ccccc2CN1c1c(Cl)cc(Br)cc1Cl. The van der Waals surface area contributed by atoms with Crippen molar-refractivity contribution in [3.05, 3.63) is 62.0 Å². The number of benzene rings is 2. The van der Waals surface area contributed by atoms with Gasteiger partial charge in [-0.3, -0.25) is 5.41 Å². The second-order valence-electron chi connectivity index (χ2n) is 4.31. The fourth-order valence-corrected chi connectivity index (χ4v) is 3.68. The molecule has 1 N–H and O–H groups in total. The first kappa shape index (κ1) is 13.0. The van der Waals surface area contributed by atoms with Crippen molar-refractivity contribution in [2.24, 2.45) is 0 Å². The monoisotopic (exact) mass is 354 g/mol. The second kappa shape index (κ2) is 4.82. The van der Waals surface area contributed by atoms with Crippen LogP contribution in [0.4, 0.5) is 5.69 Å². The first-order chi connectivity index (χ1) is 9.08. The summed E-state index contributed by atoms with van der Waals surface area (Å²) in [6.07, 6.45) is 0. The molecule has 0 aliphatic carbocycles. The minimum atomic E-state index is 0.432. The van der Waals surface area contributed by atoms with E-state index in [9.17, 15) is 0 Å². The summed E-state index contributed by atoms with van der Waals surface area (Å²) >= 11 is 15.9. The molecule has 2 nitrogen and oxygen atoms in total. The Morgan fingerprint density at radius 2 is 1.74 bits per heavy atom. The summed E-state index contributed by atoms with van der Waals surface area (Å²) in [6, 6.07) is 11.4. The maximum Gasteiger partial charge on any atom is 0.133 e. The molecule has 0 atom stereocenters. The van der Waals surface area contributed by atoms with Crippen LogP contribution in [0.15, 0.2) is 40.9 Å². The van der Waals surface area contributed by atoms with E-state index in [0.29, 0.717) is 28.1 Å². The van der Waals surface area contributed by atoms with Gasteiger partial charge in [-0.05, 0) is 17.7 Å². The number of anilines is 1. The van der Waals surface area contributed by atoms with Crippen LogP contribution < -0.4 is 4.90 Å².